The molecule has 0 bridgehead atoms. The Morgan fingerprint density at radius 2 is 1.79 bits per heavy atom. The number of amides is 1. The summed E-state index contributed by atoms with van der Waals surface area (Å²) >= 11 is 9.29. The highest BCUT2D eigenvalue weighted by molar-refractivity contribution is 9.10. The summed E-state index contributed by atoms with van der Waals surface area (Å²) in [6.07, 6.45) is 2.54. The summed E-state index contributed by atoms with van der Waals surface area (Å²) in [5.74, 6) is 0.361. The molecule has 6 nitrogen and oxygen atoms in total. The van der Waals surface area contributed by atoms with E-state index in [2.05, 4.69) is 56.0 Å². The Morgan fingerprint density at radius 3 is 2.47 bits per heavy atom. The van der Waals surface area contributed by atoms with Crippen LogP contribution in [-0.2, 0) is 6.42 Å². The van der Waals surface area contributed by atoms with Crippen molar-refractivity contribution in [1.29, 1.82) is 0 Å². The maximum absolute atomic E-state index is 12.2. The zero-order chi connectivity index (χ0) is 24.5. The second-order valence-corrected chi connectivity index (χ2v) is 9.15. The van der Waals surface area contributed by atoms with Gasteiger partial charge in [-0.1, -0.05) is 39.7 Å². The van der Waals surface area contributed by atoms with Gasteiger partial charge in [0.2, 0.25) is 0 Å². The number of aryl methyl sites for hydroxylation is 2. The first-order chi connectivity index (χ1) is 16.3. The second-order valence-electron chi connectivity index (χ2n) is 7.82. The molecule has 0 aliphatic heterocycles. The summed E-state index contributed by atoms with van der Waals surface area (Å²) in [6.45, 7) is 6.18. The van der Waals surface area contributed by atoms with Crippen molar-refractivity contribution in [2.75, 3.05) is 19.7 Å². The van der Waals surface area contributed by atoms with Gasteiger partial charge in [0.1, 0.15) is 18.1 Å². The first-order valence-electron chi connectivity index (χ1n) is 10.8. The molecular formula is C26H27BrClN3O3. The van der Waals surface area contributed by atoms with Gasteiger partial charge in [0, 0.05) is 16.6 Å². The predicted molar refractivity (Wildman–Crippen MR) is 140 cm³/mol. The number of nitrogens with zero attached hydrogens (tertiary/aromatic N) is 1. The van der Waals surface area contributed by atoms with E-state index in [0.717, 1.165) is 46.4 Å². The molecule has 0 unspecified atom stereocenters. The van der Waals surface area contributed by atoms with Crippen LogP contribution in [0.15, 0.2) is 64.2 Å². The number of benzene rings is 3. The molecule has 0 saturated heterocycles. The van der Waals surface area contributed by atoms with Crippen LogP contribution in [0.4, 0.5) is 0 Å². The van der Waals surface area contributed by atoms with Crippen molar-refractivity contribution in [3.05, 3.63) is 91.9 Å². The molecule has 8 heteroatoms. The molecule has 0 aliphatic carbocycles. The van der Waals surface area contributed by atoms with Gasteiger partial charge in [0.15, 0.2) is 0 Å². The molecule has 0 saturated carbocycles. The van der Waals surface area contributed by atoms with E-state index in [1.807, 2.05) is 26.0 Å². The van der Waals surface area contributed by atoms with Gasteiger partial charge in [-0.05, 0) is 91.5 Å². The van der Waals surface area contributed by atoms with Crippen molar-refractivity contribution in [2.24, 2.45) is 5.10 Å². The molecule has 178 valence electrons. The standard InChI is InChI=1S/C26H27BrClN3O3/c1-17-13-20(16-30-31-26(33)21-5-8-24(32)23(28)15-21)14-18(2)25(17)34-12-11-29-10-9-19-3-6-22(27)7-4-19/h3-8,13-16,29,32H,9-12H2,1-2H3,(H,31,33)/b30-16-. The Balaban J connectivity index is 1.45. The fourth-order valence-electron chi connectivity index (χ4n) is 3.40. The number of nitrogens with one attached hydrogen (secondary N) is 2. The fraction of sp³-hybridized carbons (Fsp3) is 0.231. The van der Waals surface area contributed by atoms with Crippen LogP contribution < -0.4 is 15.5 Å². The highest BCUT2D eigenvalue weighted by Gasteiger charge is 2.08. The van der Waals surface area contributed by atoms with Crippen molar-refractivity contribution >= 4 is 39.7 Å². The van der Waals surface area contributed by atoms with Gasteiger partial charge in [-0.25, -0.2) is 5.43 Å². The molecule has 3 aromatic carbocycles. The lowest BCUT2D eigenvalue weighted by Crippen LogP contribution is -2.23. The normalized spacial score (nSPS) is 11.1. The Kier molecular flexibility index (Phi) is 9.51. The van der Waals surface area contributed by atoms with E-state index in [4.69, 9.17) is 16.3 Å². The maximum atomic E-state index is 12.2. The van der Waals surface area contributed by atoms with Crippen molar-refractivity contribution in [2.45, 2.75) is 20.3 Å². The number of rotatable bonds is 10. The molecule has 0 atom stereocenters. The summed E-state index contributed by atoms with van der Waals surface area (Å²) < 4.78 is 7.08. The lowest BCUT2D eigenvalue weighted by Gasteiger charge is -2.13. The molecule has 0 heterocycles. The number of ether oxygens (including phenoxy) is 1. The Morgan fingerprint density at radius 1 is 1.09 bits per heavy atom. The fourth-order valence-corrected chi connectivity index (χ4v) is 3.84. The van der Waals surface area contributed by atoms with Crippen LogP contribution in [0.1, 0.15) is 32.6 Å². The van der Waals surface area contributed by atoms with Gasteiger partial charge in [-0.3, -0.25) is 4.79 Å². The van der Waals surface area contributed by atoms with Gasteiger partial charge >= 0.3 is 0 Å². The summed E-state index contributed by atoms with van der Waals surface area (Å²) in [4.78, 5) is 12.2. The minimum Gasteiger partial charge on any atom is -0.506 e. The smallest absolute Gasteiger partial charge is 0.271 e. The monoisotopic (exact) mass is 543 g/mol. The minimum absolute atomic E-state index is 0.0773. The van der Waals surface area contributed by atoms with E-state index in [1.165, 1.54) is 23.8 Å². The largest absolute Gasteiger partial charge is 0.506 e. The van der Waals surface area contributed by atoms with Crippen LogP contribution in [0.2, 0.25) is 5.02 Å². The van der Waals surface area contributed by atoms with E-state index in [9.17, 15) is 9.90 Å². The topological polar surface area (TPSA) is 83.0 Å². The number of aromatic hydroxyl groups is 1. The number of hydrazone groups is 1. The van der Waals surface area contributed by atoms with Crippen molar-refractivity contribution in [3.8, 4) is 11.5 Å². The number of carbonyl (C=O) groups is 1. The third-order valence-corrected chi connectivity index (χ3v) is 5.93. The van der Waals surface area contributed by atoms with Gasteiger partial charge < -0.3 is 15.2 Å². The Bertz CT molecular complexity index is 1140. The highest BCUT2D eigenvalue weighted by Crippen LogP contribution is 2.25. The average molecular weight is 545 g/mol. The molecule has 0 aliphatic rings. The lowest BCUT2D eigenvalue weighted by atomic mass is 10.1. The second kappa shape index (κ2) is 12.6. The van der Waals surface area contributed by atoms with Gasteiger partial charge in [0.25, 0.3) is 5.91 Å². The molecule has 34 heavy (non-hydrogen) atoms. The minimum atomic E-state index is -0.417. The molecule has 0 aromatic heterocycles. The number of hydrogen-bond acceptors (Lipinski definition) is 5. The predicted octanol–water partition coefficient (Wildman–Crippen LogP) is 5.40. The van der Waals surface area contributed by atoms with E-state index in [0.29, 0.717) is 12.2 Å². The van der Waals surface area contributed by atoms with Crippen LogP contribution in [-0.4, -0.2) is 36.9 Å². The summed E-state index contributed by atoms with van der Waals surface area (Å²) in [5.41, 5.74) is 6.90. The first-order valence-corrected chi connectivity index (χ1v) is 12.0. The van der Waals surface area contributed by atoms with Crippen LogP contribution in [0, 0.1) is 13.8 Å². The van der Waals surface area contributed by atoms with Crippen LogP contribution in [0.25, 0.3) is 0 Å². The zero-order valence-corrected chi connectivity index (χ0v) is 21.4. The molecular weight excluding hydrogens is 518 g/mol. The number of carbonyl (C=O) groups excluding carboxylic acids is 1. The third-order valence-electron chi connectivity index (χ3n) is 5.10. The number of hydrogen-bond donors (Lipinski definition) is 3. The molecule has 0 fully saturated rings. The number of phenolic OH excluding ortho intramolecular Hbond substituents is 1. The highest BCUT2D eigenvalue weighted by atomic mass is 79.9. The SMILES string of the molecule is Cc1cc(/C=N\NC(=O)c2ccc(O)c(Cl)c2)cc(C)c1OCCNCCc1ccc(Br)cc1. The summed E-state index contributed by atoms with van der Waals surface area (Å²) in [6, 6.07) is 16.5. The third kappa shape index (κ3) is 7.58. The van der Waals surface area contributed by atoms with E-state index >= 15 is 0 Å². The van der Waals surface area contributed by atoms with Crippen molar-refractivity contribution < 1.29 is 14.6 Å². The van der Waals surface area contributed by atoms with Gasteiger partial charge in [-0.2, -0.15) is 5.10 Å². The maximum Gasteiger partial charge on any atom is 0.271 e. The quantitative estimate of drug-likeness (QED) is 0.181. The summed E-state index contributed by atoms with van der Waals surface area (Å²) in [5, 5.41) is 17.0. The zero-order valence-electron chi connectivity index (χ0n) is 19.1. The number of halogens is 2. The van der Waals surface area contributed by atoms with Gasteiger partial charge in [0.05, 0.1) is 11.2 Å². The van der Waals surface area contributed by atoms with Gasteiger partial charge in [-0.15, -0.1) is 0 Å². The molecule has 0 radical (unpaired) electrons. The van der Waals surface area contributed by atoms with E-state index in [-0.39, 0.29) is 10.8 Å². The molecule has 3 N–H and O–H groups in total. The number of phenols is 1. The Labute approximate surface area is 213 Å². The lowest BCUT2D eigenvalue weighted by molar-refractivity contribution is 0.0955. The molecule has 3 aromatic rings. The Hall–Kier alpha value is -2.87. The molecule has 0 spiro atoms. The van der Waals surface area contributed by atoms with Crippen LogP contribution in [0.3, 0.4) is 0 Å². The van der Waals surface area contributed by atoms with Crippen molar-refractivity contribution in [3.63, 3.8) is 0 Å². The molecule has 1 amide bonds. The first kappa shape index (κ1) is 25.7. The van der Waals surface area contributed by atoms with E-state index < -0.39 is 5.91 Å². The van der Waals surface area contributed by atoms with Crippen LogP contribution in [0.5, 0.6) is 11.5 Å². The van der Waals surface area contributed by atoms with E-state index in [1.54, 1.807) is 6.21 Å². The van der Waals surface area contributed by atoms with Crippen LogP contribution >= 0.6 is 27.5 Å². The van der Waals surface area contributed by atoms with Crippen molar-refractivity contribution in [1.82, 2.24) is 10.7 Å². The summed E-state index contributed by atoms with van der Waals surface area (Å²) in [7, 11) is 0. The average Bonchev–Trinajstić information content (AvgIpc) is 2.80. The molecule has 3 rings (SSSR count).